The van der Waals surface area contributed by atoms with Crippen LogP contribution in [0.2, 0.25) is 0 Å². The van der Waals surface area contributed by atoms with Gasteiger partial charge in [0.05, 0.1) is 22.1 Å². The van der Waals surface area contributed by atoms with Crippen molar-refractivity contribution in [3.8, 4) is 0 Å². The molecule has 1 unspecified atom stereocenters. The molecule has 2 N–H and O–H groups in total. The topological polar surface area (TPSA) is 96.9 Å². The lowest BCUT2D eigenvalue weighted by Gasteiger charge is -2.30. The van der Waals surface area contributed by atoms with Crippen LogP contribution in [-0.2, 0) is 14.8 Å². The molecule has 1 aliphatic heterocycles. The molecular formula is C24H43N3O4S2. The molecule has 0 aromatic heterocycles. The van der Waals surface area contributed by atoms with Crippen molar-refractivity contribution in [2.75, 3.05) is 5.75 Å². The van der Waals surface area contributed by atoms with Crippen LogP contribution >= 0.6 is 11.8 Å². The normalized spacial score (nSPS) is 29.2. The Labute approximate surface area is 205 Å². The van der Waals surface area contributed by atoms with E-state index in [0.717, 1.165) is 36.5 Å². The first-order valence-electron chi connectivity index (χ1n) is 12.1. The third-order valence-electron chi connectivity index (χ3n) is 6.29. The Morgan fingerprint density at radius 2 is 1.82 bits per heavy atom. The fraction of sp³-hybridized carbons (Fsp3) is 0.833. The first-order chi connectivity index (χ1) is 15.2. The van der Waals surface area contributed by atoms with Crippen LogP contribution in [0.4, 0.5) is 4.79 Å². The van der Waals surface area contributed by atoms with E-state index in [1.165, 1.54) is 0 Å². The summed E-state index contributed by atoms with van der Waals surface area (Å²) >= 11 is 1.82. The zero-order valence-electron chi connectivity index (χ0n) is 21.3. The third kappa shape index (κ3) is 8.91. The van der Waals surface area contributed by atoms with Crippen LogP contribution in [0.5, 0.6) is 0 Å². The van der Waals surface area contributed by atoms with E-state index in [0.29, 0.717) is 18.3 Å². The van der Waals surface area contributed by atoms with Crippen LogP contribution in [0, 0.1) is 17.8 Å². The number of rotatable bonds is 7. The molecule has 1 saturated carbocycles. The fourth-order valence-corrected chi connectivity index (χ4v) is 7.00. The minimum absolute atomic E-state index is 0.106. The SMILES string of the molecule is C=C(C[C@H]1N=C(C2CCC(NC(=O)OC(C)C)CC2)SCC(C)[C@H]1C)S(=O)(=O)NC(C)(C)C. The van der Waals surface area contributed by atoms with Gasteiger partial charge >= 0.3 is 6.09 Å². The summed E-state index contributed by atoms with van der Waals surface area (Å²) < 4.78 is 33.4. The Hall–Kier alpha value is -1.06. The monoisotopic (exact) mass is 501 g/mol. The van der Waals surface area contributed by atoms with Gasteiger partial charge in [0.25, 0.3) is 0 Å². The van der Waals surface area contributed by atoms with Crippen LogP contribution in [0.3, 0.4) is 0 Å². The maximum atomic E-state index is 12.8. The Balaban J connectivity index is 2.06. The summed E-state index contributed by atoms with van der Waals surface area (Å²) in [5, 5.41) is 4.11. The van der Waals surface area contributed by atoms with E-state index in [2.05, 4.69) is 30.5 Å². The number of alkyl carbamates (subject to hydrolysis) is 1. The van der Waals surface area contributed by atoms with Gasteiger partial charge in [0.2, 0.25) is 10.0 Å². The van der Waals surface area contributed by atoms with E-state index in [1.807, 2.05) is 46.4 Å². The van der Waals surface area contributed by atoms with E-state index in [-0.39, 0.29) is 35.1 Å². The molecule has 2 aliphatic rings. The van der Waals surface area contributed by atoms with Crippen LogP contribution < -0.4 is 10.0 Å². The second-order valence-corrected chi connectivity index (χ2v) is 13.8. The van der Waals surface area contributed by atoms with Gasteiger partial charge in [-0.05, 0) is 72.1 Å². The number of thioether (sulfide) groups is 1. The summed E-state index contributed by atoms with van der Waals surface area (Å²) in [5.74, 6) is 2.03. The Morgan fingerprint density at radius 3 is 2.36 bits per heavy atom. The second kappa shape index (κ2) is 11.6. The molecule has 2 rings (SSSR count). The molecule has 1 fully saturated rings. The van der Waals surface area contributed by atoms with Gasteiger partial charge in [-0.3, -0.25) is 4.99 Å². The molecule has 7 nitrogen and oxygen atoms in total. The average Bonchev–Trinajstić information content (AvgIpc) is 2.80. The van der Waals surface area contributed by atoms with E-state index in [4.69, 9.17) is 9.73 Å². The van der Waals surface area contributed by atoms with Crippen molar-refractivity contribution < 1.29 is 17.9 Å². The molecule has 0 bridgehead atoms. The molecule has 190 valence electrons. The minimum Gasteiger partial charge on any atom is -0.447 e. The maximum absolute atomic E-state index is 12.8. The molecule has 0 aromatic rings. The lowest BCUT2D eigenvalue weighted by molar-refractivity contribution is 0.109. The number of hydrogen-bond donors (Lipinski definition) is 2. The number of carbonyl (C=O) groups is 1. The van der Waals surface area contributed by atoms with E-state index in [9.17, 15) is 13.2 Å². The molecule has 1 aliphatic carbocycles. The number of aliphatic imine (C=N–C) groups is 1. The van der Waals surface area contributed by atoms with E-state index < -0.39 is 15.6 Å². The van der Waals surface area contributed by atoms with Gasteiger partial charge in [0.15, 0.2) is 0 Å². The highest BCUT2D eigenvalue weighted by Crippen LogP contribution is 2.37. The molecule has 33 heavy (non-hydrogen) atoms. The molecule has 0 aromatic carbocycles. The van der Waals surface area contributed by atoms with Gasteiger partial charge < -0.3 is 10.1 Å². The van der Waals surface area contributed by atoms with Crippen molar-refractivity contribution in [1.82, 2.24) is 10.0 Å². The van der Waals surface area contributed by atoms with Crippen molar-refractivity contribution in [3.63, 3.8) is 0 Å². The number of carbonyl (C=O) groups excluding carboxylic acids is 1. The van der Waals surface area contributed by atoms with E-state index in [1.54, 1.807) is 0 Å². The highest BCUT2D eigenvalue weighted by Gasteiger charge is 2.34. The van der Waals surface area contributed by atoms with Gasteiger partial charge in [-0.25, -0.2) is 17.9 Å². The van der Waals surface area contributed by atoms with Crippen LogP contribution in [-0.4, -0.2) is 49.0 Å². The number of amides is 1. The lowest BCUT2D eigenvalue weighted by atomic mass is 9.86. The third-order valence-corrected chi connectivity index (χ3v) is 9.53. The average molecular weight is 502 g/mol. The highest BCUT2D eigenvalue weighted by molar-refractivity contribution is 8.14. The maximum Gasteiger partial charge on any atom is 0.407 e. The number of ether oxygens (including phenoxy) is 1. The molecule has 3 atom stereocenters. The standard InChI is InChI=1S/C24H43N3O4S2/c1-15(2)31-23(28)25-20-11-9-19(10-12-20)22-26-21(18(5)16(3)14-32-22)13-17(4)33(29,30)27-24(6,7)8/h15-16,18-21,27H,4,9-14H2,1-3,5-8H3,(H,25,28)/t16?,18-,19?,20?,21-/m1/s1. The van der Waals surface area contributed by atoms with Gasteiger partial charge in [0, 0.05) is 29.7 Å². The first kappa shape index (κ1) is 28.2. The Kier molecular flexibility index (Phi) is 9.89. The van der Waals surface area contributed by atoms with Crippen molar-refractivity contribution in [3.05, 3.63) is 11.5 Å². The summed E-state index contributed by atoms with van der Waals surface area (Å²) in [4.78, 5) is 17.2. The summed E-state index contributed by atoms with van der Waals surface area (Å²) in [7, 11) is -3.61. The largest absolute Gasteiger partial charge is 0.447 e. The van der Waals surface area contributed by atoms with Crippen molar-refractivity contribution in [1.29, 1.82) is 0 Å². The van der Waals surface area contributed by atoms with Crippen LogP contribution in [0.15, 0.2) is 16.5 Å². The fourth-order valence-electron chi connectivity index (χ4n) is 4.24. The van der Waals surface area contributed by atoms with E-state index >= 15 is 0 Å². The van der Waals surface area contributed by atoms with Crippen molar-refractivity contribution in [2.45, 2.75) is 104 Å². The molecule has 0 spiro atoms. The van der Waals surface area contributed by atoms with Gasteiger partial charge in [-0.15, -0.1) is 11.8 Å². The predicted molar refractivity (Wildman–Crippen MR) is 138 cm³/mol. The van der Waals surface area contributed by atoms with Gasteiger partial charge in [-0.2, -0.15) is 0 Å². The quantitative estimate of drug-likeness (QED) is 0.507. The molecular weight excluding hydrogens is 458 g/mol. The van der Waals surface area contributed by atoms with Gasteiger partial charge in [-0.1, -0.05) is 20.4 Å². The number of hydrogen-bond acceptors (Lipinski definition) is 6. The Morgan fingerprint density at radius 1 is 1.21 bits per heavy atom. The number of nitrogens with one attached hydrogen (secondary N) is 2. The minimum atomic E-state index is -3.61. The summed E-state index contributed by atoms with van der Waals surface area (Å²) in [6, 6.07) is 0.0248. The molecule has 1 amide bonds. The predicted octanol–water partition coefficient (Wildman–Crippen LogP) is 5.09. The zero-order chi connectivity index (χ0) is 25.0. The smallest absolute Gasteiger partial charge is 0.407 e. The lowest BCUT2D eigenvalue weighted by Crippen LogP contribution is -2.41. The number of sulfonamides is 1. The second-order valence-electron chi connectivity index (χ2n) is 10.9. The summed E-state index contributed by atoms with van der Waals surface area (Å²) in [6.07, 6.45) is 3.56. The van der Waals surface area contributed by atoms with Gasteiger partial charge in [0.1, 0.15) is 0 Å². The molecule has 1 heterocycles. The Bertz CT molecular complexity index is 825. The van der Waals surface area contributed by atoms with Crippen molar-refractivity contribution >= 4 is 32.9 Å². The number of nitrogens with zero attached hydrogens (tertiary/aromatic N) is 1. The highest BCUT2D eigenvalue weighted by atomic mass is 32.2. The van der Waals surface area contributed by atoms with Crippen molar-refractivity contribution in [2.24, 2.45) is 22.7 Å². The summed E-state index contributed by atoms with van der Waals surface area (Å²) in [6.45, 7) is 17.5. The van der Waals surface area contributed by atoms with Crippen LogP contribution in [0.25, 0.3) is 0 Å². The zero-order valence-corrected chi connectivity index (χ0v) is 22.9. The molecule has 9 heteroatoms. The van der Waals surface area contributed by atoms with Crippen LogP contribution in [0.1, 0.15) is 80.6 Å². The molecule has 0 saturated heterocycles. The molecule has 0 radical (unpaired) electrons. The first-order valence-corrected chi connectivity index (χ1v) is 14.5. The summed E-state index contributed by atoms with van der Waals surface area (Å²) in [5.41, 5.74) is -0.553.